The van der Waals surface area contributed by atoms with Crippen molar-refractivity contribution in [2.75, 3.05) is 0 Å². The van der Waals surface area contributed by atoms with Crippen molar-refractivity contribution >= 4 is 15.9 Å². The molecule has 1 heterocycles. The normalized spacial score (nSPS) is 8.90. The predicted molar refractivity (Wildman–Crippen MR) is 36.6 cm³/mol. The Kier molecular flexibility index (Phi) is 1.97. The van der Waals surface area contributed by atoms with Gasteiger partial charge in [-0.25, -0.2) is 9.37 Å². The molecule has 0 fully saturated rings. The van der Waals surface area contributed by atoms with Crippen LogP contribution < -0.4 is 0 Å². The molecular weight excluding hydrogens is 199 g/mol. The lowest BCUT2D eigenvalue weighted by molar-refractivity contribution is 0.620. The molecule has 0 aliphatic rings. The fourth-order valence-corrected chi connectivity index (χ4v) is 0.793. The summed E-state index contributed by atoms with van der Waals surface area (Å²) in [6.45, 7) is 0. The van der Waals surface area contributed by atoms with Gasteiger partial charge in [0, 0.05) is 12.3 Å². The van der Waals surface area contributed by atoms with Crippen molar-refractivity contribution in [2.45, 2.75) is 0 Å². The van der Waals surface area contributed by atoms with Crippen LogP contribution in [-0.4, -0.2) is 4.98 Å². The highest BCUT2D eigenvalue weighted by atomic mass is 79.9. The van der Waals surface area contributed by atoms with Crippen LogP contribution in [0.5, 0.6) is 0 Å². The third kappa shape index (κ3) is 1.31. The molecular formula is C6H2BrFN2. The van der Waals surface area contributed by atoms with Crippen LogP contribution in [0.4, 0.5) is 4.39 Å². The third-order valence-corrected chi connectivity index (χ3v) is 1.37. The zero-order chi connectivity index (χ0) is 7.56. The summed E-state index contributed by atoms with van der Waals surface area (Å²) in [7, 11) is 0. The number of hydrogen-bond acceptors (Lipinski definition) is 2. The summed E-state index contributed by atoms with van der Waals surface area (Å²) in [5.41, 5.74) is -0.0387. The summed E-state index contributed by atoms with van der Waals surface area (Å²) in [6.07, 6.45) is 1.18. The van der Waals surface area contributed by atoms with Crippen molar-refractivity contribution in [3.63, 3.8) is 0 Å². The fraction of sp³-hybridized carbons (Fsp3) is 0. The average Bonchev–Trinajstić information content (AvgIpc) is 1.88. The number of halogens is 2. The first-order valence-corrected chi connectivity index (χ1v) is 3.24. The van der Waals surface area contributed by atoms with Gasteiger partial charge < -0.3 is 0 Å². The van der Waals surface area contributed by atoms with E-state index in [1.165, 1.54) is 6.20 Å². The lowest BCUT2D eigenvalue weighted by Gasteiger charge is -1.90. The molecule has 1 rings (SSSR count). The molecule has 0 radical (unpaired) electrons. The molecule has 2 nitrogen and oxygen atoms in total. The molecule has 0 aliphatic carbocycles. The number of aromatic nitrogens is 1. The summed E-state index contributed by atoms with van der Waals surface area (Å²) in [5, 5.41) is 8.26. The molecule has 0 saturated carbocycles. The van der Waals surface area contributed by atoms with Crippen LogP contribution in [-0.2, 0) is 0 Å². The molecule has 0 spiro atoms. The molecule has 0 atom stereocenters. The van der Waals surface area contributed by atoms with E-state index >= 15 is 0 Å². The zero-order valence-electron chi connectivity index (χ0n) is 4.81. The monoisotopic (exact) mass is 200 g/mol. The van der Waals surface area contributed by atoms with Crippen LogP contribution in [0, 0.1) is 17.1 Å². The number of rotatable bonds is 0. The van der Waals surface area contributed by atoms with Gasteiger partial charge in [0.2, 0.25) is 0 Å². The van der Waals surface area contributed by atoms with Crippen LogP contribution in [0.3, 0.4) is 0 Å². The molecule has 0 unspecified atom stereocenters. The molecule has 0 saturated heterocycles. The Hall–Kier alpha value is -0.950. The first kappa shape index (κ1) is 7.16. The Bertz CT molecular complexity index is 292. The third-order valence-electron chi connectivity index (χ3n) is 0.941. The molecule has 0 N–H and O–H groups in total. The van der Waals surface area contributed by atoms with Gasteiger partial charge in [-0.05, 0) is 15.9 Å². The van der Waals surface area contributed by atoms with Crippen LogP contribution in [0.25, 0.3) is 0 Å². The predicted octanol–water partition coefficient (Wildman–Crippen LogP) is 1.85. The average molecular weight is 201 g/mol. The highest BCUT2D eigenvalue weighted by Gasteiger charge is 2.00. The summed E-state index contributed by atoms with van der Waals surface area (Å²) < 4.78 is 13.0. The van der Waals surface area contributed by atoms with Crippen molar-refractivity contribution in [1.29, 1.82) is 5.26 Å². The second-order valence-corrected chi connectivity index (χ2v) is 2.41. The highest BCUT2D eigenvalue weighted by Crippen LogP contribution is 2.10. The molecule has 0 aliphatic heterocycles. The minimum atomic E-state index is -0.552. The van der Waals surface area contributed by atoms with E-state index < -0.39 is 5.82 Å². The smallest absolute Gasteiger partial charge is 0.145 e. The second kappa shape index (κ2) is 2.76. The van der Waals surface area contributed by atoms with E-state index in [1.54, 1.807) is 6.07 Å². The van der Waals surface area contributed by atoms with E-state index in [4.69, 9.17) is 5.26 Å². The van der Waals surface area contributed by atoms with E-state index in [1.807, 2.05) is 0 Å². The number of hydrogen-bond donors (Lipinski definition) is 0. The molecule has 1 aromatic heterocycles. The maximum Gasteiger partial charge on any atom is 0.145 e. The molecule has 4 heteroatoms. The number of nitrogens with zero attached hydrogens (tertiary/aromatic N) is 2. The van der Waals surface area contributed by atoms with Crippen molar-refractivity contribution < 1.29 is 4.39 Å². The number of nitriles is 1. The van der Waals surface area contributed by atoms with Gasteiger partial charge in [-0.3, -0.25) is 0 Å². The van der Waals surface area contributed by atoms with Crippen LogP contribution in [0.2, 0.25) is 0 Å². The van der Waals surface area contributed by atoms with Crippen LogP contribution >= 0.6 is 15.9 Å². The van der Waals surface area contributed by atoms with E-state index in [0.717, 1.165) is 6.07 Å². The summed E-state index contributed by atoms with van der Waals surface area (Å²) in [6, 6.07) is 2.82. The summed E-state index contributed by atoms with van der Waals surface area (Å²) >= 11 is 2.96. The van der Waals surface area contributed by atoms with Gasteiger partial charge in [0.15, 0.2) is 0 Å². The van der Waals surface area contributed by atoms with Gasteiger partial charge >= 0.3 is 0 Å². The first-order chi connectivity index (χ1) is 4.74. The van der Waals surface area contributed by atoms with E-state index in [9.17, 15) is 4.39 Å². The van der Waals surface area contributed by atoms with Gasteiger partial charge in [0.05, 0.1) is 0 Å². The largest absolute Gasteiger partial charge is 0.248 e. The van der Waals surface area contributed by atoms with E-state index in [0.29, 0.717) is 4.60 Å². The number of pyridine rings is 1. The van der Waals surface area contributed by atoms with Gasteiger partial charge in [0.1, 0.15) is 22.1 Å². The van der Waals surface area contributed by atoms with E-state index in [2.05, 4.69) is 20.9 Å². The van der Waals surface area contributed by atoms with Crippen molar-refractivity contribution in [3.8, 4) is 6.07 Å². The minimum absolute atomic E-state index is 0.0387. The maximum absolute atomic E-state index is 12.6. The summed E-state index contributed by atoms with van der Waals surface area (Å²) in [5.74, 6) is -0.552. The fourth-order valence-electron chi connectivity index (χ4n) is 0.490. The SMILES string of the molecule is N#Cc1cnc(Br)cc1F. The molecule has 10 heavy (non-hydrogen) atoms. The molecule has 50 valence electrons. The van der Waals surface area contributed by atoms with Gasteiger partial charge in [-0.2, -0.15) is 5.26 Å². The Balaban J connectivity index is 3.23. The quantitative estimate of drug-likeness (QED) is 0.600. The lowest BCUT2D eigenvalue weighted by Crippen LogP contribution is -1.85. The standard InChI is InChI=1S/C6H2BrFN2/c7-6-1-5(8)4(2-9)3-10-6/h1,3H. The van der Waals surface area contributed by atoms with Crippen LogP contribution in [0.15, 0.2) is 16.9 Å². The topological polar surface area (TPSA) is 36.7 Å². The minimum Gasteiger partial charge on any atom is -0.248 e. The first-order valence-electron chi connectivity index (χ1n) is 2.45. The van der Waals surface area contributed by atoms with Crippen molar-refractivity contribution in [3.05, 3.63) is 28.2 Å². The Morgan fingerprint density at radius 1 is 1.70 bits per heavy atom. The maximum atomic E-state index is 12.6. The van der Waals surface area contributed by atoms with Crippen LogP contribution in [0.1, 0.15) is 5.56 Å². The van der Waals surface area contributed by atoms with Gasteiger partial charge in [0.25, 0.3) is 0 Å². The summed E-state index contributed by atoms with van der Waals surface area (Å²) in [4.78, 5) is 3.66. The molecule has 1 aromatic rings. The zero-order valence-corrected chi connectivity index (χ0v) is 6.39. The molecule has 0 amide bonds. The Labute approximate surface area is 65.4 Å². The van der Waals surface area contributed by atoms with Gasteiger partial charge in [-0.1, -0.05) is 0 Å². The van der Waals surface area contributed by atoms with Gasteiger partial charge in [-0.15, -0.1) is 0 Å². The Morgan fingerprint density at radius 2 is 2.40 bits per heavy atom. The Morgan fingerprint density at radius 3 is 2.90 bits per heavy atom. The molecule has 0 bridgehead atoms. The second-order valence-electron chi connectivity index (χ2n) is 1.60. The lowest BCUT2D eigenvalue weighted by atomic mass is 10.3. The van der Waals surface area contributed by atoms with Crippen molar-refractivity contribution in [1.82, 2.24) is 4.98 Å². The molecule has 0 aromatic carbocycles. The van der Waals surface area contributed by atoms with E-state index in [-0.39, 0.29) is 5.56 Å². The highest BCUT2D eigenvalue weighted by molar-refractivity contribution is 9.10. The van der Waals surface area contributed by atoms with Crippen molar-refractivity contribution in [2.24, 2.45) is 0 Å².